The lowest BCUT2D eigenvalue weighted by Gasteiger charge is -2.46. The topological polar surface area (TPSA) is 94.9 Å². The second-order valence-corrected chi connectivity index (χ2v) is 9.52. The molecule has 140 valence electrons. The van der Waals surface area contributed by atoms with Crippen molar-refractivity contribution in [3.8, 4) is 0 Å². The number of carboxylic acid groups (broad SMARTS) is 1. The Kier molecular flexibility index (Phi) is 5.48. The van der Waals surface area contributed by atoms with Gasteiger partial charge in [0.15, 0.2) is 0 Å². The van der Waals surface area contributed by atoms with E-state index in [-0.39, 0.29) is 28.6 Å². The van der Waals surface area contributed by atoms with E-state index in [1.807, 2.05) is 6.92 Å². The summed E-state index contributed by atoms with van der Waals surface area (Å²) in [5.41, 5.74) is -0.0643. The minimum Gasteiger partial charge on any atom is -0.477 e. The largest absolute Gasteiger partial charge is 0.477 e. The molecule has 3 rings (SSSR count). The maximum Gasteiger partial charge on any atom is 0.353 e. The Labute approximate surface area is 162 Å². The predicted molar refractivity (Wildman–Crippen MR) is 99.9 cm³/mol. The van der Waals surface area contributed by atoms with Crippen molar-refractivity contribution in [1.82, 2.24) is 4.90 Å². The first-order valence-corrected chi connectivity index (χ1v) is 10.7. The number of amides is 1. The van der Waals surface area contributed by atoms with Crippen LogP contribution in [0.15, 0.2) is 39.8 Å². The molecule has 9 heteroatoms. The Balaban J connectivity index is 1.83. The second-order valence-electron chi connectivity index (χ2n) is 6.31. The molecular weight excluding hydrogens is 398 g/mol. The lowest BCUT2D eigenvalue weighted by Crippen LogP contribution is -2.63. The van der Waals surface area contributed by atoms with Gasteiger partial charge in [0.2, 0.25) is 5.91 Å². The number of β-lactam (4-membered cyclic amide) rings is 1. The van der Waals surface area contributed by atoms with Gasteiger partial charge in [0.1, 0.15) is 5.70 Å². The molecule has 0 bridgehead atoms. The number of aliphatic hydroxyl groups is 1. The third-order valence-electron chi connectivity index (χ3n) is 4.71. The number of rotatable bonds is 6. The van der Waals surface area contributed by atoms with Crippen LogP contribution in [0.3, 0.4) is 0 Å². The quantitative estimate of drug-likeness (QED) is 0.692. The van der Waals surface area contributed by atoms with Crippen LogP contribution in [0, 0.1) is 11.8 Å². The van der Waals surface area contributed by atoms with Gasteiger partial charge in [0, 0.05) is 10.8 Å². The molecule has 1 aromatic carbocycles. The van der Waals surface area contributed by atoms with E-state index in [1.54, 1.807) is 24.3 Å². The number of aliphatic hydroxyl groups excluding tert-OH is 1. The highest BCUT2D eigenvalue weighted by atomic mass is 35.5. The van der Waals surface area contributed by atoms with Crippen molar-refractivity contribution in [2.45, 2.75) is 30.9 Å². The number of benzene rings is 1. The van der Waals surface area contributed by atoms with Gasteiger partial charge in [-0.25, -0.2) is 4.79 Å². The van der Waals surface area contributed by atoms with Crippen LogP contribution in [0.25, 0.3) is 0 Å². The van der Waals surface area contributed by atoms with Crippen molar-refractivity contribution < 1.29 is 24.0 Å². The molecule has 1 aromatic rings. The van der Waals surface area contributed by atoms with Crippen LogP contribution >= 0.6 is 23.4 Å². The van der Waals surface area contributed by atoms with Gasteiger partial charge in [-0.3, -0.25) is 9.00 Å². The summed E-state index contributed by atoms with van der Waals surface area (Å²) in [7, 11) is -1.41. The SMILES string of the molecule is C[C@@H](O)[C@H]1C(=O)N2C(C(=O)O)=C(SCS(=O)c3ccccc3Cl)[C@H](C)[C@H]12. The number of nitrogens with zero attached hydrogens (tertiary/aromatic N) is 1. The first-order valence-electron chi connectivity index (χ1n) is 8.00. The van der Waals surface area contributed by atoms with Crippen LogP contribution in [0.4, 0.5) is 0 Å². The van der Waals surface area contributed by atoms with E-state index < -0.39 is 28.8 Å². The summed E-state index contributed by atoms with van der Waals surface area (Å²) in [6, 6.07) is 6.43. The maximum absolute atomic E-state index is 12.5. The Morgan fingerprint density at radius 3 is 2.65 bits per heavy atom. The third kappa shape index (κ3) is 3.09. The van der Waals surface area contributed by atoms with Crippen LogP contribution in [-0.2, 0) is 20.4 Å². The number of carbonyl (C=O) groups excluding carboxylic acids is 1. The van der Waals surface area contributed by atoms with E-state index in [0.29, 0.717) is 14.8 Å². The summed E-state index contributed by atoms with van der Waals surface area (Å²) in [4.78, 5) is 26.3. The number of fused-ring (bicyclic) bond motifs is 1. The fraction of sp³-hybridized carbons (Fsp3) is 0.412. The smallest absolute Gasteiger partial charge is 0.353 e. The van der Waals surface area contributed by atoms with Crippen molar-refractivity contribution in [2.24, 2.45) is 11.8 Å². The molecule has 1 unspecified atom stereocenters. The molecule has 0 aliphatic carbocycles. The summed E-state index contributed by atoms with van der Waals surface area (Å²) >= 11 is 7.23. The molecule has 1 fully saturated rings. The minimum absolute atomic E-state index is 0.0643. The lowest BCUT2D eigenvalue weighted by molar-refractivity contribution is -0.163. The van der Waals surface area contributed by atoms with Crippen LogP contribution in [0.2, 0.25) is 5.02 Å². The Morgan fingerprint density at radius 1 is 1.42 bits per heavy atom. The molecule has 0 spiro atoms. The number of hydrogen-bond donors (Lipinski definition) is 2. The maximum atomic E-state index is 12.5. The Morgan fingerprint density at radius 2 is 2.08 bits per heavy atom. The third-order valence-corrected chi connectivity index (χ3v) is 8.21. The second kappa shape index (κ2) is 7.34. The van der Waals surface area contributed by atoms with Crippen LogP contribution in [0.5, 0.6) is 0 Å². The molecule has 0 radical (unpaired) electrons. The van der Waals surface area contributed by atoms with Crippen molar-refractivity contribution in [2.75, 3.05) is 5.08 Å². The minimum atomic E-state index is -1.41. The average molecular weight is 416 g/mol. The predicted octanol–water partition coefficient (Wildman–Crippen LogP) is 2.29. The van der Waals surface area contributed by atoms with Gasteiger partial charge in [-0.1, -0.05) is 30.7 Å². The molecule has 1 saturated heterocycles. The number of carboxylic acids is 1. The molecule has 2 heterocycles. The average Bonchev–Trinajstić information content (AvgIpc) is 2.81. The fourth-order valence-electron chi connectivity index (χ4n) is 3.53. The summed E-state index contributed by atoms with van der Waals surface area (Å²) in [5, 5.41) is 19.9. The number of hydrogen-bond acceptors (Lipinski definition) is 5. The summed E-state index contributed by atoms with van der Waals surface area (Å²) in [5.74, 6) is -2.42. The van der Waals surface area contributed by atoms with Crippen molar-refractivity contribution in [3.63, 3.8) is 0 Å². The highest BCUT2D eigenvalue weighted by Gasteiger charge is 2.59. The molecular formula is C17H18ClNO5S2. The Hall–Kier alpha value is -1.35. The number of halogens is 1. The zero-order valence-corrected chi connectivity index (χ0v) is 16.5. The molecule has 2 N–H and O–H groups in total. The van der Waals surface area contributed by atoms with Crippen LogP contribution < -0.4 is 0 Å². The first-order chi connectivity index (χ1) is 12.3. The number of aliphatic carboxylic acids is 1. The summed E-state index contributed by atoms with van der Waals surface area (Å²) in [6.45, 7) is 3.36. The first kappa shape index (κ1) is 19.4. The van der Waals surface area contributed by atoms with Gasteiger partial charge < -0.3 is 15.1 Å². The molecule has 2 aliphatic rings. The number of thioether (sulfide) groups is 1. The molecule has 0 saturated carbocycles. The summed E-state index contributed by atoms with van der Waals surface area (Å²) in [6.07, 6.45) is -0.845. The molecule has 0 aromatic heterocycles. The van der Waals surface area contributed by atoms with Gasteiger partial charge in [-0.05, 0) is 19.1 Å². The zero-order valence-electron chi connectivity index (χ0n) is 14.1. The summed E-state index contributed by atoms with van der Waals surface area (Å²) < 4.78 is 12.5. The van der Waals surface area contributed by atoms with Gasteiger partial charge in [-0.15, -0.1) is 11.8 Å². The van der Waals surface area contributed by atoms with E-state index >= 15 is 0 Å². The molecule has 2 aliphatic heterocycles. The van der Waals surface area contributed by atoms with Gasteiger partial charge >= 0.3 is 5.97 Å². The molecule has 26 heavy (non-hydrogen) atoms. The number of carbonyl (C=O) groups is 2. The van der Waals surface area contributed by atoms with Crippen LogP contribution in [0.1, 0.15) is 13.8 Å². The van der Waals surface area contributed by atoms with Crippen molar-refractivity contribution in [3.05, 3.63) is 39.9 Å². The van der Waals surface area contributed by atoms with Crippen molar-refractivity contribution >= 4 is 46.0 Å². The fourth-order valence-corrected chi connectivity index (χ4v) is 6.60. The van der Waals surface area contributed by atoms with E-state index in [9.17, 15) is 24.0 Å². The lowest BCUT2D eigenvalue weighted by atomic mass is 9.79. The van der Waals surface area contributed by atoms with Crippen molar-refractivity contribution in [1.29, 1.82) is 0 Å². The molecule has 6 nitrogen and oxygen atoms in total. The zero-order chi connectivity index (χ0) is 19.2. The van der Waals surface area contributed by atoms with Gasteiger partial charge in [0.05, 0.1) is 43.9 Å². The van der Waals surface area contributed by atoms with Gasteiger partial charge in [-0.2, -0.15) is 0 Å². The van der Waals surface area contributed by atoms with E-state index in [4.69, 9.17) is 11.6 Å². The highest BCUT2D eigenvalue weighted by molar-refractivity contribution is 8.12. The molecule has 1 amide bonds. The highest BCUT2D eigenvalue weighted by Crippen LogP contribution is 2.50. The van der Waals surface area contributed by atoms with Crippen LogP contribution in [-0.4, -0.2) is 48.4 Å². The van der Waals surface area contributed by atoms with E-state index in [0.717, 1.165) is 0 Å². The monoisotopic (exact) mass is 415 g/mol. The molecule has 5 atom stereocenters. The van der Waals surface area contributed by atoms with E-state index in [1.165, 1.54) is 23.6 Å². The van der Waals surface area contributed by atoms with E-state index in [2.05, 4.69) is 0 Å². The normalized spacial score (nSPS) is 27.2. The Bertz CT molecular complexity index is 825. The standard InChI is InChI=1S/C17H18ClNO5S2/c1-8-13-12(9(2)20)16(21)19(13)14(17(22)23)15(8)25-7-26(24)11-6-4-3-5-10(11)18/h3-6,8-9,12-13,20H,7H2,1-2H3,(H,22,23)/t8-,9-,12-,13-,26?/m1/s1. The van der Waals surface area contributed by atoms with Gasteiger partial charge in [0.25, 0.3) is 0 Å².